The molecule has 1 aromatic rings. The lowest BCUT2D eigenvalue weighted by Crippen LogP contribution is -2.25. The van der Waals surface area contributed by atoms with Crippen molar-refractivity contribution in [3.63, 3.8) is 0 Å². The van der Waals surface area contributed by atoms with Gasteiger partial charge in [0.2, 0.25) is 0 Å². The molecule has 0 bridgehead atoms. The van der Waals surface area contributed by atoms with Gasteiger partial charge in [0.05, 0.1) is 4.90 Å². The standard InChI is InChI=1S/C16H21F5O3S/c1-13-7-9-14(10-8-13)25(22,23)24-16(20,21)12-6-4-2-3-5-11-15(17,18)19/h7-10H,2-6,11-12H2,1H3. The van der Waals surface area contributed by atoms with Crippen LogP contribution in [0, 0.1) is 6.92 Å². The molecular weight excluding hydrogens is 367 g/mol. The Bertz CT molecular complexity index is 624. The second-order valence-corrected chi connectivity index (χ2v) is 7.42. The number of rotatable bonds is 10. The molecule has 0 amide bonds. The van der Waals surface area contributed by atoms with E-state index in [2.05, 4.69) is 4.18 Å². The second kappa shape index (κ2) is 8.93. The predicted molar refractivity (Wildman–Crippen MR) is 82.8 cm³/mol. The number of alkyl halides is 5. The van der Waals surface area contributed by atoms with Gasteiger partial charge in [-0.25, -0.2) is 0 Å². The molecule has 0 unspecified atom stereocenters. The molecule has 0 fully saturated rings. The highest BCUT2D eigenvalue weighted by atomic mass is 32.2. The highest BCUT2D eigenvalue weighted by molar-refractivity contribution is 7.86. The Hall–Kier alpha value is -1.22. The van der Waals surface area contributed by atoms with Crippen molar-refractivity contribution in [1.29, 1.82) is 0 Å². The average Bonchev–Trinajstić information content (AvgIpc) is 2.44. The van der Waals surface area contributed by atoms with E-state index in [-0.39, 0.29) is 30.6 Å². The maximum atomic E-state index is 13.7. The van der Waals surface area contributed by atoms with E-state index in [4.69, 9.17) is 0 Å². The van der Waals surface area contributed by atoms with Crippen molar-refractivity contribution in [1.82, 2.24) is 0 Å². The molecule has 144 valence electrons. The molecular formula is C16H21F5O3S. The Morgan fingerprint density at radius 1 is 0.840 bits per heavy atom. The van der Waals surface area contributed by atoms with Gasteiger partial charge < -0.3 is 0 Å². The molecule has 1 aromatic carbocycles. The normalized spacial score (nSPS) is 13.2. The lowest BCUT2D eigenvalue weighted by atomic mass is 10.1. The SMILES string of the molecule is Cc1ccc(S(=O)(=O)OC(F)(F)CCCCCCCC(F)(F)F)cc1. The summed E-state index contributed by atoms with van der Waals surface area (Å²) in [5, 5.41) is 0. The summed E-state index contributed by atoms with van der Waals surface area (Å²) in [6, 6.07) is 5.30. The smallest absolute Gasteiger partial charge is 0.197 e. The zero-order valence-corrected chi connectivity index (χ0v) is 14.6. The van der Waals surface area contributed by atoms with Crippen LogP contribution in [0.3, 0.4) is 0 Å². The van der Waals surface area contributed by atoms with Crippen molar-refractivity contribution >= 4 is 10.1 Å². The summed E-state index contributed by atoms with van der Waals surface area (Å²) < 4.78 is 90.8. The van der Waals surface area contributed by atoms with Crippen molar-refractivity contribution < 1.29 is 34.6 Å². The molecule has 0 aliphatic heterocycles. The number of unbranched alkanes of at least 4 members (excludes halogenated alkanes) is 4. The van der Waals surface area contributed by atoms with Gasteiger partial charge in [-0.05, 0) is 31.9 Å². The Labute approximate surface area is 144 Å². The Kier molecular flexibility index (Phi) is 7.80. The molecule has 0 spiro atoms. The van der Waals surface area contributed by atoms with Crippen molar-refractivity contribution in [3.8, 4) is 0 Å². The Morgan fingerprint density at radius 2 is 1.32 bits per heavy atom. The highest BCUT2D eigenvalue weighted by Gasteiger charge is 2.36. The van der Waals surface area contributed by atoms with Crippen LogP contribution in [-0.2, 0) is 14.3 Å². The summed E-state index contributed by atoms with van der Waals surface area (Å²) in [6.45, 7) is 1.72. The Morgan fingerprint density at radius 3 is 1.84 bits per heavy atom. The number of benzene rings is 1. The van der Waals surface area contributed by atoms with Crippen LogP contribution in [-0.4, -0.2) is 20.7 Å². The average molecular weight is 388 g/mol. The van der Waals surface area contributed by atoms with Gasteiger partial charge in [-0.3, -0.25) is 0 Å². The number of hydrogen-bond acceptors (Lipinski definition) is 3. The first-order valence-corrected chi connectivity index (χ1v) is 9.29. The van der Waals surface area contributed by atoms with Crippen LogP contribution >= 0.6 is 0 Å². The van der Waals surface area contributed by atoms with Crippen LogP contribution in [0.2, 0.25) is 0 Å². The first-order valence-electron chi connectivity index (χ1n) is 7.88. The minimum absolute atomic E-state index is 0.0393. The zero-order chi connectivity index (χ0) is 19.1. The maximum Gasteiger partial charge on any atom is 0.389 e. The third kappa shape index (κ3) is 9.15. The van der Waals surface area contributed by atoms with Gasteiger partial charge in [-0.1, -0.05) is 37.0 Å². The monoisotopic (exact) mass is 388 g/mol. The van der Waals surface area contributed by atoms with Crippen LogP contribution in [0.15, 0.2) is 29.2 Å². The summed E-state index contributed by atoms with van der Waals surface area (Å²) in [4.78, 5) is -0.357. The van der Waals surface area contributed by atoms with E-state index in [1.165, 1.54) is 24.3 Å². The molecule has 0 saturated heterocycles. The molecule has 0 heterocycles. The van der Waals surface area contributed by atoms with Crippen LogP contribution < -0.4 is 0 Å². The predicted octanol–water partition coefficient (Wildman–Crippen LogP) is 5.59. The van der Waals surface area contributed by atoms with E-state index < -0.39 is 35.2 Å². The van der Waals surface area contributed by atoms with Gasteiger partial charge in [0, 0.05) is 12.8 Å². The molecule has 1 rings (SSSR count). The van der Waals surface area contributed by atoms with E-state index in [1.807, 2.05) is 0 Å². The zero-order valence-electron chi connectivity index (χ0n) is 13.8. The van der Waals surface area contributed by atoms with Gasteiger partial charge >= 0.3 is 22.4 Å². The summed E-state index contributed by atoms with van der Waals surface area (Å²) in [6.07, 6.45) is -8.90. The van der Waals surface area contributed by atoms with Crippen molar-refractivity contribution in [3.05, 3.63) is 29.8 Å². The summed E-state index contributed by atoms with van der Waals surface area (Å²) in [7, 11) is -4.58. The summed E-state index contributed by atoms with van der Waals surface area (Å²) >= 11 is 0. The summed E-state index contributed by atoms with van der Waals surface area (Å²) in [5.41, 5.74) is 0.774. The number of hydrogen-bond donors (Lipinski definition) is 0. The third-order valence-electron chi connectivity index (χ3n) is 3.47. The van der Waals surface area contributed by atoms with Gasteiger partial charge in [0.25, 0.3) is 0 Å². The molecule has 0 N–H and O–H groups in total. The van der Waals surface area contributed by atoms with Gasteiger partial charge in [-0.2, -0.15) is 34.6 Å². The Balaban J connectivity index is 2.36. The molecule has 0 aliphatic carbocycles. The van der Waals surface area contributed by atoms with Crippen LogP contribution in [0.25, 0.3) is 0 Å². The van der Waals surface area contributed by atoms with Gasteiger partial charge in [-0.15, -0.1) is 0 Å². The largest absolute Gasteiger partial charge is 0.389 e. The molecule has 0 aliphatic rings. The molecule has 0 aromatic heterocycles. The third-order valence-corrected chi connectivity index (χ3v) is 4.78. The topological polar surface area (TPSA) is 43.4 Å². The fourth-order valence-corrected chi connectivity index (χ4v) is 3.11. The van der Waals surface area contributed by atoms with Gasteiger partial charge in [0.1, 0.15) is 0 Å². The van der Waals surface area contributed by atoms with Crippen LogP contribution in [0.5, 0.6) is 0 Å². The number of aryl methyl sites for hydroxylation is 1. The number of halogens is 5. The van der Waals surface area contributed by atoms with Crippen LogP contribution in [0.4, 0.5) is 22.0 Å². The van der Waals surface area contributed by atoms with E-state index >= 15 is 0 Å². The summed E-state index contributed by atoms with van der Waals surface area (Å²) in [5.74, 6) is 0. The minimum atomic E-state index is -4.58. The van der Waals surface area contributed by atoms with Crippen molar-refractivity contribution in [2.75, 3.05) is 0 Å². The lowest BCUT2D eigenvalue weighted by molar-refractivity contribution is -0.177. The molecule has 9 heteroatoms. The first-order chi connectivity index (χ1) is 11.4. The molecule has 0 radical (unpaired) electrons. The molecule has 25 heavy (non-hydrogen) atoms. The minimum Gasteiger partial charge on any atom is -0.197 e. The van der Waals surface area contributed by atoms with Gasteiger partial charge in [0.15, 0.2) is 0 Å². The fourth-order valence-electron chi connectivity index (χ4n) is 2.14. The van der Waals surface area contributed by atoms with Crippen LogP contribution in [0.1, 0.15) is 50.5 Å². The van der Waals surface area contributed by atoms with E-state index in [1.54, 1.807) is 6.92 Å². The quantitative estimate of drug-likeness (QED) is 0.298. The van der Waals surface area contributed by atoms with Crippen molar-refractivity contribution in [2.45, 2.75) is 69.0 Å². The molecule has 0 saturated carbocycles. The first kappa shape index (κ1) is 21.8. The maximum absolute atomic E-state index is 13.7. The fraction of sp³-hybridized carbons (Fsp3) is 0.625. The van der Waals surface area contributed by atoms with E-state index in [0.29, 0.717) is 6.42 Å². The van der Waals surface area contributed by atoms with Crippen molar-refractivity contribution in [2.24, 2.45) is 0 Å². The molecule has 0 atom stereocenters. The lowest BCUT2D eigenvalue weighted by Gasteiger charge is -2.16. The highest BCUT2D eigenvalue weighted by Crippen LogP contribution is 2.29. The molecule has 3 nitrogen and oxygen atoms in total. The van der Waals surface area contributed by atoms with E-state index in [0.717, 1.165) is 5.56 Å². The second-order valence-electron chi connectivity index (χ2n) is 5.87. The van der Waals surface area contributed by atoms with E-state index in [9.17, 15) is 30.4 Å².